The lowest BCUT2D eigenvalue weighted by Gasteiger charge is -2.11. The monoisotopic (exact) mass is 201 g/mol. The second-order valence-electron chi connectivity index (χ2n) is 2.98. The largest absolute Gasteiger partial charge is 0.449 e. The summed E-state index contributed by atoms with van der Waals surface area (Å²) in [5.74, 6) is -0.226. The van der Waals surface area contributed by atoms with Gasteiger partial charge in [0.2, 0.25) is 0 Å². The van der Waals surface area contributed by atoms with Crippen LogP contribution in [0.25, 0.3) is 0 Å². The van der Waals surface area contributed by atoms with Gasteiger partial charge in [0.05, 0.1) is 12.6 Å². The molecule has 1 aliphatic heterocycles. The predicted molar refractivity (Wildman–Crippen MR) is 49.3 cm³/mol. The van der Waals surface area contributed by atoms with Gasteiger partial charge in [-0.15, -0.1) is 0 Å². The van der Waals surface area contributed by atoms with Crippen molar-refractivity contribution in [1.29, 1.82) is 0 Å². The highest BCUT2D eigenvalue weighted by Crippen LogP contribution is 2.03. The van der Waals surface area contributed by atoms with E-state index in [1.165, 1.54) is 0 Å². The normalized spacial score (nSPS) is 20.2. The smallest absolute Gasteiger partial charge is 0.426 e. The fourth-order valence-corrected chi connectivity index (χ4v) is 1.28. The fourth-order valence-electron chi connectivity index (χ4n) is 1.28. The van der Waals surface area contributed by atoms with Crippen molar-refractivity contribution in [2.75, 3.05) is 13.2 Å². The van der Waals surface area contributed by atoms with Gasteiger partial charge in [0, 0.05) is 0 Å². The van der Waals surface area contributed by atoms with E-state index < -0.39 is 6.09 Å². The van der Waals surface area contributed by atoms with Gasteiger partial charge < -0.3 is 10.1 Å². The summed E-state index contributed by atoms with van der Waals surface area (Å²) < 4.78 is 4.57. The molecule has 0 aromatic carbocycles. The van der Waals surface area contributed by atoms with Gasteiger partial charge in [-0.05, 0) is 26.3 Å². The lowest BCUT2D eigenvalue weighted by atomic mass is 10.2. The minimum absolute atomic E-state index is 0.197. The SMILES string of the molecule is CCOC(=O)NNC(=O)[C@H]1CCCN1. The Balaban J connectivity index is 2.17. The van der Waals surface area contributed by atoms with Gasteiger partial charge >= 0.3 is 6.09 Å². The second-order valence-corrected chi connectivity index (χ2v) is 2.98. The summed E-state index contributed by atoms with van der Waals surface area (Å²) in [5, 5.41) is 3.01. The van der Waals surface area contributed by atoms with Crippen LogP contribution in [-0.2, 0) is 9.53 Å². The second kappa shape index (κ2) is 5.43. The number of nitrogens with one attached hydrogen (secondary N) is 3. The molecule has 0 saturated carbocycles. The molecule has 0 radical (unpaired) electrons. The summed E-state index contributed by atoms with van der Waals surface area (Å²) >= 11 is 0. The maximum absolute atomic E-state index is 11.3. The van der Waals surface area contributed by atoms with Crippen LogP contribution in [0.5, 0.6) is 0 Å². The standard InChI is InChI=1S/C8H15N3O3/c1-2-14-8(13)11-10-7(12)6-4-3-5-9-6/h6,9H,2-5H2,1H3,(H,10,12)(H,11,13)/t6-/m1/s1. The lowest BCUT2D eigenvalue weighted by Crippen LogP contribution is -2.49. The van der Waals surface area contributed by atoms with Gasteiger partial charge in [0.15, 0.2) is 0 Å². The first-order valence-electron chi connectivity index (χ1n) is 4.70. The molecular weight excluding hydrogens is 186 g/mol. The first-order chi connectivity index (χ1) is 6.74. The molecule has 14 heavy (non-hydrogen) atoms. The van der Waals surface area contributed by atoms with E-state index in [2.05, 4.69) is 20.9 Å². The molecule has 0 aromatic heterocycles. The summed E-state index contributed by atoms with van der Waals surface area (Å²) in [6.07, 6.45) is 1.15. The highest BCUT2D eigenvalue weighted by atomic mass is 16.5. The number of amides is 2. The Kier molecular flexibility index (Phi) is 4.18. The quantitative estimate of drug-likeness (QED) is 0.527. The molecule has 0 aromatic rings. The molecule has 0 spiro atoms. The van der Waals surface area contributed by atoms with Crippen LogP contribution >= 0.6 is 0 Å². The van der Waals surface area contributed by atoms with Gasteiger partial charge in [0.25, 0.3) is 5.91 Å². The maximum Gasteiger partial charge on any atom is 0.426 e. The van der Waals surface area contributed by atoms with Gasteiger partial charge in [0.1, 0.15) is 0 Å². The number of hydrogen-bond donors (Lipinski definition) is 3. The van der Waals surface area contributed by atoms with Crippen molar-refractivity contribution < 1.29 is 14.3 Å². The van der Waals surface area contributed by atoms with E-state index in [0.29, 0.717) is 0 Å². The molecule has 0 bridgehead atoms. The molecule has 0 aliphatic carbocycles. The van der Waals surface area contributed by atoms with Crippen molar-refractivity contribution in [1.82, 2.24) is 16.2 Å². The van der Waals surface area contributed by atoms with Gasteiger partial charge in [-0.3, -0.25) is 10.2 Å². The highest BCUT2D eigenvalue weighted by Gasteiger charge is 2.21. The van der Waals surface area contributed by atoms with E-state index in [9.17, 15) is 9.59 Å². The molecule has 2 amide bonds. The van der Waals surface area contributed by atoms with Gasteiger partial charge in [-0.2, -0.15) is 0 Å². The Bertz CT molecular complexity index is 214. The third-order valence-corrected chi connectivity index (χ3v) is 1.94. The third-order valence-electron chi connectivity index (χ3n) is 1.94. The molecular formula is C8H15N3O3. The first-order valence-corrected chi connectivity index (χ1v) is 4.70. The van der Waals surface area contributed by atoms with Crippen LogP contribution in [0.4, 0.5) is 4.79 Å². The van der Waals surface area contributed by atoms with Crippen molar-refractivity contribution in [3.8, 4) is 0 Å². The number of hydrazine groups is 1. The molecule has 1 atom stereocenters. The lowest BCUT2D eigenvalue weighted by molar-refractivity contribution is -0.123. The molecule has 1 aliphatic rings. The molecule has 80 valence electrons. The van der Waals surface area contributed by atoms with Crippen molar-refractivity contribution in [3.63, 3.8) is 0 Å². The first kappa shape index (κ1) is 10.8. The minimum Gasteiger partial charge on any atom is -0.449 e. The van der Waals surface area contributed by atoms with Crippen LogP contribution in [-0.4, -0.2) is 31.2 Å². The zero-order valence-corrected chi connectivity index (χ0v) is 8.13. The Morgan fingerprint density at radius 2 is 2.29 bits per heavy atom. The van der Waals surface area contributed by atoms with Crippen LogP contribution in [0.15, 0.2) is 0 Å². The molecule has 1 fully saturated rings. The van der Waals surface area contributed by atoms with E-state index in [1.54, 1.807) is 6.92 Å². The number of hydrogen-bond acceptors (Lipinski definition) is 4. The number of carbonyl (C=O) groups excluding carboxylic acids is 2. The summed E-state index contributed by atoms with van der Waals surface area (Å²) in [6.45, 7) is 2.82. The van der Waals surface area contributed by atoms with Crippen molar-refractivity contribution >= 4 is 12.0 Å². The van der Waals surface area contributed by atoms with Crippen LogP contribution in [0.1, 0.15) is 19.8 Å². The average Bonchev–Trinajstić information content (AvgIpc) is 2.67. The fraction of sp³-hybridized carbons (Fsp3) is 0.750. The molecule has 1 rings (SSSR count). The Hall–Kier alpha value is -1.30. The van der Waals surface area contributed by atoms with Crippen molar-refractivity contribution in [2.45, 2.75) is 25.8 Å². The van der Waals surface area contributed by atoms with Crippen molar-refractivity contribution in [3.05, 3.63) is 0 Å². The number of carbonyl (C=O) groups is 2. The molecule has 1 saturated heterocycles. The van der Waals surface area contributed by atoms with E-state index in [1.807, 2.05) is 0 Å². The molecule has 6 nitrogen and oxygen atoms in total. The minimum atomic E-state index is -0.640. The van der Waals surface area contributed by atoms with E-state index in [0.717, 1.165) is 19.4 Å². The third kappa shape index (κ3) is 3.21. The summed E-state index contributed by atoms with van der Waals surface area (Å²) in [4.78, 5) is 22.1. The van der Waals surface area contributed by atoms with Crippen LogP contribution in [0.3, 0.4) is 0 Å². The summed E-state index contributed by atoms with van der Waals surface area (Å²) in [6, 6.07) is -0.197. The van der Waals surface area contributed by atoms with Crippen LogP contribution in [0.2, 0.25) is 0 Å². The average molecular weight is 201 g/mol. The van der Waals surface area contributed by atoms with E-state index in [-0.39, 0.29) is 18.6 Å². The summed E-state index contributed by atoms with van der Waals surface area (Å²) in [7, 11) is 0. The Labute approximate surface area is 82.3 Å². The molecule has 1 heterocycles. The summed E-state index contributed by atoms with van der Waals surface area (Å²) in [5.41, 5.74) is 4.44. The van der Waals surface area contributed by atoms with Gasteiger partial charge in [-0.25, -0.2) is 10.2 Å². The van der Waals surface area contributed by atoms with Crippen LogP contribution in [0, 0.1) is 0 Å². The predicted octanol–water partition coefficient (Wildman–Crippen LogP) is -0.484. The topological polar surface area (TPSA) is 79.5 Å². The Morgan fingerprint density at radius 1 is 1.50 bits per heavy atom. The molecule has 3 N–H and O–H groups in total. The Morgan fingerprint density at radius 3 is 2.86 bits per heavy atom. The van der Waals surface area contributed by atoms with Gasteiger partial charge in [-0.1, -0.05) is 0 Å². The number of ether oxygens (including phenoxy) is 1. The van der Waals surface area contributed by atoms with E-state index >= 15 is 0 Å². The zero-order chi connectivity index (χ0) is 10.4. The van der Waals surface area contributed by atoms with Crippen LogP contribution < -0.4 is 16.2 Å². The van der Waals surface area contributed by atoms with Crippen molar-refractivity contribution in [2.24, 2.45) is 0 Å². The zero-order valence-electron chi connectivity index (χ0n) is 8.13. The molecule has 0 unspecified atom stereocenters. The van der Waals surface area contributed by atoms with E-state index in [4.69, 9.17) is 0 Å². The molecule has 6 heteroatoms. The number of rotatable bonds is 2. The maximum atomic E-state index is 11.3. The highest BCUT2D eigenvalue weighted by molar-refractivity contribution is 5.83.